The van der Waals surface area contributed by atoms with E-state index in [1.54, 1.807) is 26.4 Å². The number of carbonyl (C=O) groups is 2. The van der Waals surface area contributed by atoms with Crippen molar-refractivity contribution in [2.45, 2.75) is 105 Å². The average Bonchev–Trinajstić information content (AvgIpc) is 3.80. The zero-order valence-corrected chi connectivity index (χ0v) is 40.7. The van der Waals surface area contributed by atoms with Crippen molar-refractivity contribution in [1.29, 1.82) is 0 Å². The third kappa shape index (κ3) is 10.5. The summed E-state index contributed by atoms with van der Waals surface area (Å²) in [4.78, 5) is 60.0. The van der Waals surface area contributed by atoms with Crippen LogP contribution in [0.2, 0.25) is 0 Å². The number of aromatic nitrogens is 4. The molecule has 2 saturated heterocycles. The van der Waals surface area contributed by atoms with E-state index in [2.05, 4.69) is 62.2 Å². The zero-order chi connectivity index (χ0) is 47.9. The van der Waals surface area contributed by atoms with Crippen LogP contribution in [-0.2, 0) is 12.8 Å². The fourth-order valence-electron chi connectivity index (χ4n) is 11.0. The Hall–Kier alpha value is -5.76. The number of ketones is 2. The maximum atomic E-state index is 13.6. The summed E-state index contributed by atoms with van der Waals surface area (Å²) in [6.07, 6.45) is 5.62. The number of aromatic amines is 2. The first-order valence-corrected chi connectivity index (χ1v) is 24.1. The van der Waals surface area contributed by atoms with E-state index in [1.165, 1.54) is 0 Å². The predicted molar refractivity (Wildman–Crippen MR) is 269 cm³/mol. The van der Waals surface area contributed by atoms with Gasteiger partial charge in [-0.3, -0.25) is 19.2 Å². The van der Waals surface area contributed by atoms with Gasteiger partial charge in [-0.25, -0.2) is 0 Å². The van der Waals surface area contributed by atoms with Crippen molar-refractivity contribution in [2.24, 2.45) is 11.8 Å². The van der Waals surface area contributed by atoms with Gasteiger partial charge in [0.25, 0.3) is 11.1 Å². The number of benzene rings is 2. The maximum absolute atomic E-state index is 13.6. The van der Waals surface area contributed by atoms with Crippen LogP contribution in [0.15, 0.2) is 70.3 Å². The number of hydrogen-bond acceptors (Lipinski definition) is 9. The molecule has 2 aliphatic rings. The highest BCUT2D eigenvalue weighted by molar-refractivity contribution is 6.10. The smallest absolute Gasteiger partial charge is 0.255 e. The first kappa shape index (κ1) is 49.2. The Kier molecular flexibility index (Phi) is 16.1. The molecule has 2 aromatic carbocycles. The molecule has 2 fully saturated rings. The lowest BCUT2D eigenvalue weighted by Crippen LogP contribution is -2.37. The number of methoxy groups -OCH3 is 2. The quantitative estimate of drug-likeness (QED) is 0.0697. The third-order valence-corrected chi connectivity index (χ3v) is 14.6. The van der Waals surface area contributed by atoms with Gasteiger partial charge in [-0.2, -0.15) is 0 Å². The van der Waals surface area contributed by atoms with Crippen LogP contribution in [-0.4, -0.2) is 94.2 Å². The summed E-state index contributed by atoms with van der Waals surface area (Å²) >= 11 is 0. The first-order chi connectivity index (χ1) is 32.3. The second-order valence-corrected chi connectivity index (χ2v) is 18.7. The van der Waals surface area contributed by atoms with Crippen molar-refractivity contribution in [3.8, 4) is 11.5 Å². The number of β-amino-alcohol motifs (C(OH)–C–C–N with tert-alkyl or cyclic N) is 1. The topological polar surface area (TPSA) is 164 Å². The summed E-state index contributed by atoms with van der Waals surface area (Å²) in [6.45, 7) is 17.3. The highest BCUT2D eigenvalue weighted by atomic mass is 16.5. The minimum Gasteiger partial charge on any atom is -0.496 e. The molecule has 0 bridgehead atoms. The molecule has 0 saturated carbocycles. The summed E-state index contributed by atoms with van der Waals surface area (Å²) in [7, 11) is 3.10. The van der Waals surface area contributed by atoms with Crippen molar-refractivity contribution < 1.29 is 25.6 Å². The third-order valence-electron chi connectivity index (χ3n) is 14.6. The van der Waals surface area contributed by atoms with Crippen LogP contribution >= 0.6 is 0 Å². The van der Waals surface area contributed by atoms with E-state index in [4.69, 9.17) is 9.47 Å². The molecule has 13 nitrogen and oxygen atoms in total. The lowest BCUT2D eigenvalue weighted by Gasteiger charge is -2.35. The van der Waals surface area contributed by atoms with Gasteiger partial charge >= 0.3 is 0 Å². The SMILES string of the molecule is COc1cc(C)[nH]c(=O)c1CCC(=O)c1c(C)n(C(C)C2CCN(CCO)CC2)c2ccccc12.COc1cc(C)[nH]c(=O)c1CCC(=O)c1c(C)n(C(C)C2CCNCC2)c2ccccc12.[2HH]. The van der Waals surface area contributed by atoms with Crippen LogP contribution in [0.5, 0.6) is 11.5 Å². The lowest BCUT2D eigenvalue weighted by atomic mass is 9.90. The van der Waals surface area contributed by atoms with Gasteiger partial charge in [0.2, 0.25) is 0 Å². The summed E-state index contributed by atoms with van der Waals surface area (Å²) in [5.74, 6) is 2.28. The van der Waals surface area contributed by atoms with Gasteiger partial charge in [-0.05, 0) is 142 Å². The van der Waals surface area contributed by atoms with Crippen LogP contribution in [0.4, 0.5) is 0 Å². The number of ether oxygens (including phenoxy) is 2. The van der Waals surface area contributed by atoms with Crippen LogP contribution in [0.3, 0.4) is 0 Å². The molecular weight excluding hydrogens is 845 g/mol. The van der Waals surface area contributed by atoms with Gasteiger partial charge in [0.15, 0.2) is 11.6 Å². The first-order valence-electron chi connectivity index (χ1n) is 24.1. The normalized spacial score (nSPS) is 15.9. The van der Waals surface area contributed by atoms with Gasteiger partial charge in [0.1, 0.15) is 11.5 Å². The van der Waals surface area contributed by atoms with Gasteiger partial charge in [-0.15, -0.1) is 0 Å². The van der Waals surface area contributed by atoms with E-state index in [9.17, 15) is 24.3 Å². The van der Waals surface area contributed by atoms with Crippen LogP contribution < -0.4 is 25.9 Å². The van der Waals surface area contributed by atoms with E-state index in [0.29, 0.717) is 53.3 Å². The van der Waals surface area contributed by atoms with Crippen molar-refractivity contribution in [1.82, 2.24) is 29.3 Å². The Morgan fingerprint density at radius 3 is 1.52 bits per heavy atom. The van der Waals surface area contributed by atoms with Gasteiger partial charge in [-0.1, -0.05) is 36.4 Å². The fourth-order valence-corrected chi connectivity index (χ4v) is 11.0. The lowest BCUT2D eigenvalue weighted by molar-refractivity contribution is 0.0974. The van der Waals surface area contributed by atoms with Gasteiger partial charge < -0.3 is 43.9 Å². The van der Waals surface area contributed by atoms with E-state index in [1.807, 2.05) is 57.2 Å². The molecule has 6 heterocycles. The minimum atomic E-state index is -0.199. The number of likely N-dealkylation sites (tertiary alicyclic amines) is 1. The molecule has 2 unspecified atom stereocenters. The van der Waals surface area contributed by atoms with Gasteiger partial charge in [0, 0.05) is 88.6 Å². The molecule has 4 N–H and O–H groups in total. The number of nitrogens with zero attached hydrogens (tertiary/aromatic N) is 3. The second-order valence-electron chi connectivity index (χ2n) is 18.7. The molecule has 0 radical (unpaired) electrons. The number of fused-ring (bicyclic) bond motifs is 2. The number of aryl methyl sites for hydroxylation is 2. The molecule has 2 aliphatic heterocycles. The zero-order valence-electron chi connectivity index (χ0n) is 40.7. The Bertz CT molecular complexity index is 2830. The molecule has 13 heteroatoms. The number of para-hydroxylation sites is 2. The number of Topliss-reactive ketones (excluding diaryl/α,β-unsaturated/α-hetero) is 2. The van der Waals surface area contributed by atoms with E-state index in [0.717, 1.165) is 114 Å². The number of carbonyl (C=O) groups excluding carboxylic acids is 2. The molecule has 6 aromatic rings. The van der Waals surface area contributed by atoms with Crippen molar-refractivity contribution in [2.75, 3.05) is 53.6 Å². The standard InChI is InChI=1S/C28H37N3O4.C26H33N3O3.H2/c1-18-17-26(35-4)23(28(34)29-18)9-10-25(33)27-20(3)31(24-8-6-5-7-22(24)27)19(2)21-11-13-30(14-12-21)15-16-32;1-16-15-24(32-4)21(26(31)28-16)9-10-23(30)25-18(3)29(22-8-6-5-7-20(22)25)17(2)19-11-13-27-14-12-19;/h5-8,17,19,21,32H,9-16H2,1-4H3,(H,29,34);5-8,15,17,19,27H,9-14H2,1-4H3,(H,28,31);1H/i;;1+1. The number of hydrogen-bond donors (Lipinski definition) is 4. The summed E-state index contributed by atoms with van der Waals surface area (Å²) < 4.78 is 15.5. The van der Waals surface area contributed by atoms with Crippen LogP contribution in [0.1, 0.15) is 121 Å². The average molecular weight is 918 g/mol. The largest absolute Gasteiger partial charge is 0.496 e. The van der Waals surface area contributed by atoms with Crippen LogP contribution in [0.25, 0.3) is 21.8 Å². The molecule has 8 rings (SSSR count). The Labute approximate surface area is 395 Å². The summed E-state index contributed by atoms with van der Waals surface area (Å²) in [5.41, 5.74) is 7.88. The van der Waals surface area contributed by atoms with Crippen LogP contribution in [0, 0.1) is 39.5 Å². The van der Waals surface area contributed by atoms with E-state index in [-0.39, 0.29) is 49.6 Å². The molecule has 2 atom stereocenters. The predicted octanol–water partition coefficient (Wildman–Crippen LogP) is 8.61. The van der Waals surface area contributed by atoms with Crippen molar-refractivity contribution in [3.63, 3.8) is 0 Å². The second kappa shape index (κ2) is 21.9. The number of aliphatic hydroxyl groups excluding tert-OH is 1. The van der Waals surface area contributed by atoms with Crippen molar-refractivity contribution >= 4 is 33.4 Å². The maximum Gasteiger partial charge on any atom is 0.255 e. The molecule has 0 aliphatic carbocycles. The Morgan fingerprint density at radius 1 is 0.687 bits per heavy atom. The van der Waals surface area contributed by atoms with E-state index >= 15 is 0 Å². The highest BCUT2D eigenvalue weighted by Crippen LogP contribution is 2.38. The number of H-pyrrole nitrogens is 2. The molecule has 0 amide bonds. The number of rotatable bonds is 16. The number of aliphatic hydroxyl groups is 1. The number of pyridine rings is 2. The monoisotopic (exact) mass is 918 g/mol. The summed E-state index contributed by atoms with van der Waals surface area (Å²) in [5, 5.41) is 14.7. The fraction of sp³-hybridized carbons (Fsp3) is 0.481. The number of piperidine rings is 2. The molecule has 0 spiro atoms. The van der Waals surface area contributed by atoms with Gasteiger partial charge in [0.05, 0.1) is 32.0 Å². The van der Waals surface area contributed by atoms with E-state index < -0.39 is 0 Å². The molecule has 67 heavy (non-hydrogen) atoms. The Balaban J connectivity index is 0.000000221. The van der Waals surface area contributed by atoms with Crippen molar-refractivity contribution in [3.05, 3.63) is 126 Å². The molecule has 360 valence electrons. The highest BCUT2D eigenvalue weighted by Gasteiger charge is 2.30. The summed E-state index contributed by atoms with van der Waals surface area (Å²) in [6, 6.07) is 20.5. The molecule has 4 aromatic heterocycles. The minimum absolute atomic E-state index is 0. The number of nitrogens with one attached hydrogen (secondary N) is 3. The Morgan fingerprint density at radius 2 is 1.10 bits per heavy atom. The molecular formula is C54H72N6O7.